The predicted molar refractivity (Wildman–Crippen MR) is 96.3 cm³/mol. The second-order valence-corrected chi connectivity index (χ2v) is 8.03. The molecule has 0 N–H and O–H groups in total. The Kier molecular flexibility index (Phi) is 5.28. The van der Waals surface area contributed by atoms with E-state index < -0.39 is 0 Å². The number of methoxy groups -OCH3 is 1. The molecule has 1 aromatic heterocycles. The van der Waals surface area contributed by atoms with Crippen molar-refractivity contribution in [2.24, 2.45) is 0 Å². The average molecular weight is 348 g/mol. The number of hydrogen-bond donors (Lipinski definition) is 0. The number of hydrogen-bond acceptors (Lipinski definition) is 4. The van der Waals surface area contributed by atoms with Crippen molar-refractivity contribution in [3.8, 4) is 5.75 Å². The van der Waals surface area contributed by atoms with Gasteiger partial charge in [0.2, 0.25) is 5.91 Å². The number of carbonyl (C=O) groups is 1. The summed E-state index contributed by atoms with van der Waals surface area (Å²) in [5.74, 6) is 1.08. The summed E-state index contributed by atoms with van der Waals surface area (Å²) >= 11 is 3.36. The number of likely N-dealkylation sites (tertiary alicyclic amines) is 1. The van der Waals surface area contributed by atoms with Gasteiger partial charge >= 0.3 is 0 Å². The molecule has 1 saturated heterocycles. The topological polar surface area (TPSA) is 29.5 Å². The smallest absolute Gasteiger partial charge is 0.236 e. The van der Waals surface area contributed by atoms with Crippen LogP contribution in [-0.2, 0) is 4.79 Å². The van der Waals surface area contributed by atoms with Gasteiger partial charge in [-0.2, -0.15) is 0 Å². The lowest BCUT2D eigenvalue weighted by Gasteiger charge is -2.26. The summed E-state index contributed by atoms with van der Waals surface area (Å²) in [5, 5.41) is 2.01. The molecule has 0 spiro atoms. The molecule has 1 aliphatic rings. The van der Waals surface area contributed by atoms with Crippen molar-refractivity contribution in [1.29, 1.82) is 0 Å². The summed E-state index contributed by atoms with van der Waals surface area (Å²) in [5.41, 5.74) is 0. The lowest BCUT2D eigenvalue weighted by atomic mass is 10.2. The Labute approximate surface area is 145 Å². The summed E-state index contributed by atoms with van der Waals surface area (Å²) in [6.07, 6.45) is 2.17. The first-order valence-corrected chi connectivity index (χ1v) is 9.59. The minimum absolute atomic E-state index is 0.0797. The molecule has 2 heterocycles. The van der Waals surface area contributed by atoms with Crippen LogP contribution in [0.1, 0.15) is 30.7 Å². The van der Waals surface area contributed by atoms with E-state index in [1.807, 2.05) is 31.2 Å². The van der Waals surface area contributed by atoms with E-state index >= 15 is 0 Å². The molecule has 5 heteroatoms. The third-order valence-corrected chi connectivity index (χ3v) is 6.20. The first kappa shape index (κ1) is 16.4. The van der Waals surface area contributed by atoms with Gasteiger partial charge in [0, 0.05) is 16.3 Å². The molecule has 2 unspecified atom stereocenters. The Morgan fingerprint density at radius 1 is 1.35 bits per heavy atom. The SMILES string of the molecule is COc1ccc(SC(C)C(=O)N2CCCC2c2cccs2)cc1. The number of thioether (sulfide) groups is 1. The molecule has 1 aliphatic heterocycles. The number of benzene rings is 1. The second kappa shape index (κ2) is 7.41. The van der Waals surface area contributed by atoms with Crippen LogP contribution < -0.4 is 4.74 Å². The van der Waals surface area contributed by atoms with Crippen LogP contribution >= 0.6 is 23.1 Å². The number of ether oxygens (including phenoxy) is 1. The van der Waals surface area contributed by atoms with Crippen molar-refractivity contribution in [2.75, 3.05) is 13.7 Å². The Morgan fingerprint density at radius 2 is 2.13 bits per heavy atom. The minimum atomic E-state index is -0.0797. The second-order valence-electron chi connectivity index (χ2n) is 5.64. The van der Waals surface area contributed by atoms with Crippen molar-refractivity contribution >= 4 is 29.0 Å². The molecule has 3 nitrogen and oxygen atoms in total. The van der Waals surface area contributed by atoms with Crippen molar-refractivity contribution in [1.82, 2.24) is 4.90 Å². The van der Waals surface area contributed by atoms with Crippen LogP contribution in [0.15, 0.2) is 46.7 Å². The number of rotatable bonds is 5. The van der Waals surface area contributed by atoms with Gasteiger partial charge in [-0.3, -0.25) is 4.79 Å². The Balaban J connectivity index is 1.66. The highest BCUT2D eigenvalue weighted by molar-refractivity contribution is 8.00. The van der Waals surface area contributed by atoms with Crippen LogP contribution in [0.2, 0.25) is 0 Å². The van der Waals surface area contributed by atoms with Crippen molar-refractivity contribution in [3.05, 3.63) is 46.7 Å². The molecule has 0 aliphatic carbocycles. The van der Waals surface area contributed by atoms with Crippen molar-refractivity contribution < 1.29 is 9.53 Å². The standard InChI is InChI=1S/C18H21NO2S2/c1-13(23-15-9-7-14(21-2)8-10-15)18(20)19-11-3-5-16(19)17-6-4-12-22-17/h4,6-10,12-13,16H,3,5,11H2,1-2H3. The first-order valence-electron chi connectivity index (χ1n) is 7.83. The molecule has 2 atom stereocenters. The largest absolute Gasteiger partial charge is 0.497 e. The number of nitrogens with zero attached hydrogens (tertiary/aromatic N) is 1. The van der Waals surface area contributed by atoms with E-state index in [1.165, 1.54) is 4.88 Å². The molecular formula is C18H21NO2S2. The van der Waals surface area contributed by atoms with Crippen LogP contribution in [0, 0.1) is 0 Å². The molecule has 23 heavy (non-hydrogen) atoms. The van der Waals surface area contributed by atoms with Gasteiger partial charge in [-0.15, -0.1) is 23.1 Å². The van der Waals surface area contributed by atoms with Crippen molar-refractivity contribution in [3.63, 3.8) is 0 Å². The highest BCUT2D eigenvalue weighted by Gasteiger charge is 2.33. The summed E-state index contributed by atoms with van der Waals surface area (Å²) in [7, 11) is 1.66. The Morgan fingerprint density at radius 3 is 2.78 bits per heavy atom. The number of amides is 1. The predicted octanol–water partition coefficient (Wildman–Crippen LogP) is 4.60. The first-order chi connectivity index (χ1) is 11.2. The lowest BCUT2D eigenvalue weighted by Crippen LogP contribution is -2.35. The van der Waals surface area contributed by atoms with Crippen LogP contribution in [0.3, 0.4) is 0 Å². The van der Waals surface area contributed by atoms with E-state index in [-0.39, 0.29) is 17.2 Å². The molecule has 122 valence electrons. The fraction of sp³-hybridized carbons (Fsp3) is 0.389. The van der Waals surface area contributed by atoms with E-state index in [4.69, 9.17) is 4.74 Å². The average Bonchev–Trinajstić information content (AvgIpc) is 3.25. The minimum Gasteiger partial charge on any atom is -0.497 e. The van der Waals surface area contributed by atoms with Gasteiger partial charge in [0.15, 0.2) is 0 Å². The van der Waals surface area contributed by atoms with E-state index in [9.17, 15) is 4.79 Å². The molecule has 1 fully saturated rings. The van der Waals surface area contributed by atoms with E-state index in [0.717, 1.165) is 30.0 Å². The molecule has 1 amide bonds. The lowest BCUT2D eigenvalue weighted by molar-refractivity contribution is -0.131. The van der Waals surface area contributed by atoms with Gasteiger partial charge in [0.1, 0.15) is 5.75 Å². The van der Waals surface area contributed by atoms with Gasteiger partial charge < -0.3 is 9.64 Å². The summed E-state index contributed by atoms with van der Waals surface area (Å²) < 4.78 is 5.18. The van der Waals surface area contributed by atoms with Gasteiger partial charge in [0.05, 0.1) is 18.4 Å². The third kappa shape index (κ3) is 3.72. The molecule has 2 aromatic rings. The zero-order chi connectivity index (χ0) is 16.2. The van der Waals surface area contributed by atoms with E-state index in [1.54, 1.807) is 30.2 Å². The van der Waals surface area contributed by atoms with Gasteiger partial charge in [-0.05, 0) is 55.5 Å². The molecule has 1 aromatic carbocycles. The quantitative estimate of drug-likeness (QED) is 0.740. The van der Waals surface area contributed by atoms with Crippen molar-refractivity contribution in [2.45, 2.75) is 36.0 Å². The van der Waals surface area contributed by atoms with Crippen LogP contribution in [-0.4, -0.2) is 29.7 Å². The highest BCUT2D eigenvalue weighted by atomic mass is 32.2. The molecule has 0 saturated carbocycles. The number of thiophene rings is 1. The Hall–Kier alpha value is -1.46. The highest BCUT2D eigenvalue weighted by Crippen LogP contribution is 2.36. The van der Waals surface area contributed by atoms with Gasteiger partial charge in [0.25, 0.3) is 0 Å². The Bertz CT molecular complexity index is 640. The molecular weight excluding hydrogens is 326 g/mol. The zero-order valence-corrected chi connectivity index (χ0v) is 15.0. The maximum atomic E-state index is 12.9. The van der Waals surface area contributed by atoms with E-state index in [2.05, 4.69) is 22.4 Å². The maximum absolute atomic E-state index is 12.9. The van der Waals surface area contributed by atoms with Crippen LogP contribution in [0.4, 0.5) is 0 Å². The molecule has 0 radical (unpaired) electrons. The molecule has 3 rings (SSSR count). The zero-order valence-electron chi connectivity index (χ0n) is 13.4. The van der Waals surface area contributed by atoms with Gasteiger partial charge in [-0.25, -0.2) is 0 Å². The fourth-order valence-corrected chi connectivity index (χ4v) is 4.76. The fourth-order valence-electron chi connectivity index (χ4n) is 2.95. The van der Waals surface area contributed by atoms with Crippen LogP contribution in [0.5, 0.6) is 5.75 Å². The van der Waals surface area contributed by atoms with Crippen LogP contribution in [0.25, 0.3) is 0 Å². The normalized spacial score (nSPS) is 18.9. The molecule has 0 bridgehead atoms. The maximum Gasteiger partial charge on any atom is 0.236 e. The van der Waals surface area contributed by atoms with E-state index in [0.29, 0.717) is 0 Å². The summed E-state index contributed by atoms with van der Waals surface area (Å²) in [6.45, 7) is 2.87. The summed E-state index contributed by atoms with van der Waals surface area (Å²) in [4.78, 5) is 17.3. The van der Waals surface area contributed by atoms with Gasteiger partial charge in [-0.1, -0.05) is 6.07 Å². The monoisotopic (exact) mass is 347 g/mol. The third-order valence-electron chi connectivity index (χ3n) is 4.13. The summed E-state index contributed by atoms with van der Waals surface area (Å²) in [6, 6.07) is 12.4. The number of carbonyl (C=O) groups excluding carboxylic acids is 1.